The quantitative estimate of drug-likeness (QED) is 0.913. The minimum atomic E-state index is 0.119. The number of nitrogens with one attached hydrogen (secondary N) is 1. The van der Waals surface area contributed by atoms with E-state index in [2.05, 4.69) is 48.3 Å². The van der Waals surface area contributed by atoms with Crippen LogP contribution in [0.1, 0.15) is 38.7 Å². The molecular formula is C17H26N2O. The van der Waals surface area contributed by atoms with Crippen molar-refractivity contribution in [3.05, 3.63) is 29.8 Å². The Bertz CT molecular complexity index is 439. The van der Waals surface area contributed by atoms with Crippen LogP contribution in [0.4, 0.5) is 5.69 Å². The van der Waals surface area contributed by atoms with Gasteiger partial charge in [0.1, 0.15) is 0 Å². The summed E-state index contributed by atoms with van der Waals surface area (Å²) >= 11 is 0. The van der Waals surface area contributed by atoms with E-state index in [1.807, 2.05) is 0 Å². The third-order valence-corrected chi connectivity index (χ3v) is 4.99. The van der Waals surface area contributed by atoms with Gasteiger partial charge in [0.15, 0.2) is 0 Å². The second kappa shape index (κ2) is 5.74. The zero-order valence-corrected chi connectivity index (χ0v) is 12.7. The molecule has 0 saturated carbocycles. The summed E-state index contributed by atoms with van der Waals surface area (Å²) < 4.78 is 5.67. The number of nitrogens with zero attached hydrogens (tertiary/aromatic N) is 1. The van der Waals surface area contributed by atoms with Crippen LogP contribution in [0.2, 0.25) is 0 Å². The van der Waals surface area contributed by atoms with Gasteiger partial charge >= 0.3 is 0 Å². The first-order chi connectivity index (χ1) is 9.67. The van der Waals surface area contributed by atoms with E-state index >= 15 is 0 Å². The van der Waals surface area contributed by atoms with Crippen LogP contribution in [0.25, 0.3) is 0 Å². The van der Waals surface area contributed by atoms with Gasteiger partial charge < -0.3 is 15.0 Å². The first-order valence-corrected chi connectivity index (χ1v) is 7.88. The second-order valence-corrected chi connectivity index (χ2v) is 6.39. The molecule has 0 aromatic heterocycles. The molecule has 20 heavy (non-hydrogen) atoms. The largest absolute Gasteiger partial charge is 0.377 e. The Kier molecular flexibility index (Phi) is 3.99. The summed E-state index contributed by atoms with van der Waals surface area (Å²) in [6, 6.07) is 9.04. The first-order valence-electron chi connectivity index (χ1n) is 7.88. The maximum Gasteiger partial charge on any atom is 0.0726 e. The number of benzene rings is 1. The Labute approximate surface area is 122 Å². The zero-order chi connectivity index (χ0) is 14.0. The normalized spacial score (nSPS) is 30.1. The smallest absolute Gasteiger partial charge is 0.0726 e. The fourth-order valence-electron chi connectivity index (χ4n) is 3.17. The highest BCUT2D eigenvalue weighted by Gasteiger charge is 2.36. The Morgan fingerprint density at radius 1 is 1.25 bits per heavy atom. The molecule has 2 aliphatic heterocycles. The minimum absolute atomic E-state index is 0.119. The van der Waals surface area contributed by atoms with Gasteiger partial charge in [-0.15, -0.1) is 0 Å². The molecule has 1 N–H and O–H groups in total. The van der Waals surface area contributed by atoms with E-state index in [0.29, 0.717) is 6.10 Å². The fourth-order valence-corrected chi connectivity index (χ4v) is 3.17. The third kappa shape index (κ3) is 2.84. The molecule has 3 rings (SSSR count). The summed E-state index contributed by atoms with van der Waals surface area (Å²) in [5, 5.41) is 3.67. The van der Waals surface area contributed by atoms with Gasteiger partial charge in [-0.2, -0.15) is 0 Å². The maximum atomic E-state index is 5.67. The summed E-state index contributed by atoms with van der Waals surface area (Å²) in [4.78, 5) is 2.48. The van der Waals surface area contributed by atoms with Gasteiger partial charge in [-0.25, -0.2) is 0 Å². The Morgan fingerprint density at radius 2 is 1.95 bits per heavy atom. The SMILES string of the molecule is CC1OCCC1(C)NCc1ccc(N2CCCC2)cc1. The lowest BCUT2D eigenvalue weighted by molar-refractivity contribution is 0.0881. The van der Waals surface area contributed by atoms with E-state index < -0.39 is 0 Å². The van der Waals surface area contributed by atoms with Crippen LogP contribution in [-0.2, 0) is 11.3 Å². The number of hydrogen-bond donors (Lipinski definition) is 1. The van der Waals surface area contributed by atoms with Gasteiger partial charge in [0, 0.05) is 37.5 Å². The zero-order valence-electron chi connectivity index (χ0n) is 12.7. The highest BCUT2D eigenvalue weighted by Crippen LogP contribution is 2.26. The van der Waals surface area contributed by atoms with E-state index in [4.69, 9.17) is 4.74 Å². The monoisotopic (exact) mass is 274 g/mol. The molecule has 0 bridgehead atoms. The molecule has 3 heteroatoms. The molecule has 1 aromatic rings. The van der Waals surface area contributed by atoms with Crippen LogP contribution in [0, 0.1) is 0 Å². The molecule has 0 radical (unpaired) electrons. The van der Waals surface area contributed by atoms with Crippen molar-refractivity contribution in [1.82, 2.24) is 5.32 Å². The number of ether oxygens (including phenoxy) is 1. The standard InChI is InChI=1S/C17H26N2O/c1-14-17(2,9-12-20-14)18-13-15-5-7-16(8-6-15)19-10-3-4-11-19/h5-8,14,18H,3-4,9-13H2,1-2H3. The van der Waals surface area contributed by atoms with Crippen LogP contribution < -0.4 is 10.2 Å². The minimum Gasteiger partial charge on any atom is -0.377 e. The van der Waals surface area contributed by atoms with Crippen LogP contribution in [0.5, 0.6) is 0 Å². The molecule has 2 aliphatic rings. The van der Waals surface area contributed by atoms with Gasteiger partial charge in [0.2, 0.25) is 0 Å². The molecule has 0 spiro atoms. The molecule has 2 heterocycles. The molecule has 3 nitrogen and oxygen atoms in total. The number of rotatable bonds is 4. The second-order valence-electron chi connectivity index (χ2n) is 6.39. The highest BCUT2D eigenvalue weighted by molar-refractivity contribution is 5.48. The first kappa shape index (κ1) is 13.9. The van der Waals surface area contributed by atoms with Crippen LogP contribution in [0.15, 0.2) is 24.3 Å². The van der Waals surface area contributed by atoms with Crippen molar-refractivity contribution in [1.29, 1.82) is 0 Å². The number of anilines is 1. The van der Waals surface area contributed by atoms with Gasteiger partial charge in [0.25, 0.3) is 0 Å². The fraction of sp³-hybridized carbons (Fsp3) is 0.647. The summed E-state index contributed by atoms with van der Waals surface area (Å²) in [5.74, 6) is 0. The van der Waals surface area contributed by atoms with E-state index in [0.717, 1.165) is 19.6 Å². The Balaban J connectivity index is 1.58. The lowest BCUT2D eigenvalue weighted by Gasteiger charge is -2.29. The van der Waals surface area contributed by atoms with Crippen molar-refractivity contribution in [3.8, 4) is 0 Å². The van der Waals surface area contributed by atoms with Gasteiger partial charge in [-0.3, -0.25) is 0 Å². The molecule has 2 fully saturated rings. The van der Waals surface area contributed by atoms with Gasteiger partial charge in [-0.1, -0.05) is 12.1 Å². The van der Waals surface area contributed by atoms with E-state index in [-0.39, 0.29) is 5.54 Å². The molecule has 110 valence electrons. The molecular weight excluding hydrogens is 248 g/mol. The van der Waals surface area contributed by atoms with E-state index in [1.165, 1.54) is 37.2 Å². The van der Waals surface area contributed by atoms with Crippen molar-refractivity contribution in [2.75, 3.05) is 24.6 Å². The molecule has 2 atom stereocenters. The average molecular weight is 274 g/mol. The lowest BCUT2D eigenvalue weighted by atomic mass is 9.94. The van der Waals surface area contributed by atoms with Crippen LogP contribution in [0.3, 0.4) is 0 Å². The highest BCUT2D eigenvalue weighted by atomic mass is 16.5. The molecule has 0 aliphatic carbocycles. The average Bonchev–Trinajstić information content (AvgIpc) is 3.09. The molecule has 2 saturated heterocycles. The molecule has 2 unspecified atom stereocenters. The maximum absolute atomic E-state index is 5.67. The number of hydrogen-bond acceptors (Lipinski definition) is 3. The Hall–Kier alpha value is -1.06. The van der Waals surface area contributed by atoms with Crippen molar-refractivity contribution in [2.45, 2.75) is 51.3 Å². The Morgan fingerprint density at radius 3 is 2.55 bits per heavy atom. The predicted molar refractivity (Wildman–Crippen MR) is 83.2 cm³/mol. The summed E-state index contributed by atoms with van der Waals surface area (Å²) in [7, 11) is 0. The topological polar surface area (TPSA) is 24.5 Å². The molecule has 0 amide bonds. The van der Waals surface area contributed by atoms with Crippen molar-refractivity contribution < 1.29 is 4.74 Å². The van der Waals surface area contributed by atoms with E-state index in [9.17, 15) is 0 Å². The van der Waals surface area contributed by atoms with Crippen LogP contribution >= 0.6 is 0 Å². The van der Waals surface area contributed by atoms with Crippen molar-refractivity contribution in [2.24, 2.45) is 0 Å². The summed E-state index contributed by atoms with van der Waals surface area (Å²) in [5.41, 5.74) is 2.84. The van der Waals surface area contributed by atoms with Crippen molar-refractivity contribution >= 4 is 5.69 Å². The predicted octanol–water partition coefficient (Wildman–Crippen LogP) is 2.94. The van der Waals surface area contributed by atoms with Crippen LogP contribution in [-0.4, -0.2) is 31.3 Å². The lowest BCUT2D eigenvalue weighted by Crippen LogP contribution is -2.47. The summed E-state index contributed by atoms with van der Waals surface area (Å²) in [6.07, 6.45) is 4.06. The van der Waals surface area contributed by atoms with Crippen molar-refractivity contribution in [3.63, 3.8) is 0 Å². The van der Waals surface area contributed by atoms with Gasteiger partial charge in [0.05, 0.1) is 6.10 Å². The molecule has 1 aromatic carbocycles. The summed E-state index contributed by atoms with van der Waals surface area (Å²) in [6.45, 7) is 8.65. The third-order valence-electron chi connectivity index (χ3n) is 4.99. The van der Waals surface area contributed by atoms with Gasteiger partial charge in [-0.05, 0) is 50.8 Å². The van der Waals surface area contributed by atoms with E-state index in [1.54, 1.807) is 0 Å².